The summed E-state index contributed by atoms with van der Waals surface area (Å²) < 4.78 is 10.3. The number of ether oxygens (including phenoxy) is 2. The van der Waals surface area contributed by atoms with Gasteiger partial charge in [-0.25, -0.2) is 5.43 Å². The average molecular weight is 342 g/mol. The third-order valence-corrected chi connectivity index (χ3v) is 3.17. The van der Waals surface area contributed by atoms with Crippen molar-refractivity contribution in [1.82, 2.24) is 15.7 Å². The van der Waals surface area contributed by atoms with Gasteiger partial charge in [0.25, 0.3) is 0 Å². The van der Waals surface area contributed by atoms with Gasteiger partial charge in [0, 0.05) is 11.8 Å². The summed E-state index contributed by atoms with van der Waals surface area (Å²) in [6.07, 6.45) is 2.97. The predicted molar refractivity (Wildman–Crippen MR) is 91.4 cm³/mol. The van der Waals surface area contributed by atoms with Gasteiger partial charge in [0.1, 0.15) is 11.5 Å². The summed E-state index contributed by atoms with van der Waals surface area (Å²) in [4.78, 5) is 27.5. The summed E-state index contributed by atoms with van der Waals surface area (Å²) in [6.45, 7) is 0.153. The molecule has 0 bridgehead atoms. The monoisotopic (exact) mass is 342 g/mol. The van der Waals surface area contributed by atoms with Crippen LogP contribution in [0.3, 0.4) is 0 Å². The van der Waals surface area contributed by atoms with Gasteiger partial charge in [0.2, 0.25) is 0 Å². The normalized spacial score (nSPS) is 10.3. The quantitative estimate of drug-likeness (QED) is 0.461. The smallest absolute Gasteiger partial charge is 0.329 e. The fourth-order valence-corrected chi connectivity index (χ4v) is 1.91. The topological polar surface area (TPSA) is 102 Å². The Kier molecular flexibility index (Phi) is 6.47. The lowest BCUT2D eigenvalue weighted by atomic mass is 10.2. The second kappa shape index (κ2) is 9.02. The zero-order valence-electron chi connectivity index (χ0n) is 13.9. The van der Waals surface area contributed by atoms with Crippen LogP contribution in [0.15, 0.2) is 47.7 Å². The maximum absolute atomic E-state index is 11.7. The fraction of sp³-hybridized carbons (Fsp3) is 0.176. The van der Waals surface area contributed by atoms with Crippen molar-refractivity contribution in [3.05, 3.63) is 53.9 Å². The zero-order valence-corrected chi connectivity index (χ0v) is 13.9. The summed E-state index contributed by atoms with van der Waals surface area (Å²) in [5.41, 5.74) is 3.40. The maximum Gasteiger partial charge on any atom is 0.329 e. The molecule has 0 saturated heterocycles. The zero-order chi connectivity index (χ0) is 18.1. The Balaban J connectivity index is 1.90. The molecule has 2 N–H and O–H groups in total. The molecule has 0 saturated carbocycles. The number of carbonyl (C=O) groups excluding carboxylic acids is 2. The largest absolute Gasteiger partial charge is 0.497 e. The lowest BCUT2D eigenvalue weighted by Gasteiger charge is -2.07. The van der Waals surface area contributed by atoms with Crippen molar-refractivity contribution in [2.45, 2.75) is 6.54 Å². The lowest BCUT2D eigenvalue weighted by Crippen LogP contribution is -2.37. The van der Waals surface area contributed by atoms with E-state index >= 15 is 0 Å². The van der Waals surface area contributed by atoms with Gasteiger partial charge in [-0.05, 0) is 30.3 Å². The highest BCUT2D eigenvalue weighted by atomic mass is 16.5. The van der Waals surface area contributed by atoms with Gasteiger partial charge >= 0.3 is 11.8 Å². The number of hydrazone groups is 1. The number of hydrogen-bond donors (Lipinski definition) is 2. The van der Waals surface area contributed by atoms with Gasteiger partial charge in [-0.15, -0.1) is 0 Å². The fourth-order valence-electron chi connectivity index (χ4n) is 1.91. The molecule has 0 fully saturated rings. The Hall–Kier alpha value is -3.42. The molecule has 2 aromatic rings. The lowest BCUT2D eigenvalue weighted by molar-refractivity contribution is -0.139. The minimum atomic E-state index is -0.881. The van der Waals surface area contributed by atoms with E-state index in [4.69, 9.17) is 9.47 Å². The van der Waals surface area contributed by atoms with Gasteiger partial charge in [-0.3, -0.25) is 14.6 Å². The molecule has 130 valence electrons. The van der Waals surface area contributed by atoms with Crippen molar-refractivity contribution >= 4 is 18.0 Å². The first-order valence-corrected chi connectivity index (χ1v) is 7.37. The Morgan fingerprint density at radius 3 is 2.68 bits per heavy atom. The molecule has 0 radical (unpaired) electrons. The van der Waals surface area contributed by atoms with E-state index in [-0.39, 0.29) is 6.54 Å². The van der Waals surface area contributed by atoms with Crippen molar-refractivity contribution in [1.29, 1.82) is 0 Å². The average Bonchev–Trinajstić information content (AvgIpc) is 2.66. The number of benzene rings is 1. The number of pyridine rings is 1. The molecule has 0 atom stereocenters. The second-order valence-electron chi connectivity index (χ2n) is 4.81. The van der Waals surface area contributed by atoms with E-state index in [9.17, 15) is 9.59 Å². The van der Waals surface area contributed by atoms with Crippen LogP contribution in [-0.4, -0.2) is 37.2 Å². The van der Waals surface area contributed by atoms with Crippen LogP contribution in [0.25, 0.3) is 0 Å². The first-order chi connectivity index (χ1) is 12.1. The highest BCUT2D eigenvalue weighted by Gasteiger charge is 2.12. The van der Waals surface area contributed by atoms with Crippen molar-refractivity contribution in [3.8, 4) is 11.5 Å². The predicted octanol–water partition coefficient (Wildman–Crippen LogP) is 0.865. The standard InChI is InChI=1S/C17H18N4O4/c1-24-14-6-7-15(25-2)12(9-14)10-20-21-17(23)16(22)19-11-13-5-3-4-8-18-13/h3-10H,11H2,1-2H3,(H,19,22)(H,21,23)/b20-10-. The van der Waals surface area contributed by atoms with E-state index in [0.717, 1.165) is 0 Å². The van der Waals surface area contributed by atoms with Crippen molar-refractivity contribution in [3.63, 3.8) is 0 Å². The molecule has 0 aliphatic heterocycles. The Morgan fingerprint density at radius 2 is 2.00 bits per heavy atom. The highest BCUT2D eigenvalue weighted by molar-refractivity contribution is 6.35. The van der Waals surface area contributed by atoms with Gasteiger partial charge in [-0.1, -0.05) is 6.07 Å². The van der Waals surface area contributed by atoms with Gasteiger partial charge in [0.15, 0.2) is 0 Å². The molecular weight excluding hydrogens is 324 g/mol. The SMILES string of the molecule is COc1ccc(OC)c(/C=N\NC(=O)C(=O)NCc2ccccn2)c1. The number of methoxy groups -OCH3 is 2. The molecule has 0 spiro atoms. The molecule has 2 amide bonds. The van der Waals surface area contributed by atoms with Crippen LogP contribution in [0.5, 0.6) is 11.5 Å². The summed E-state index contributed by atoms with van der Waals surface area (Å²) in [5.74, 6) is -0.519. The van der Waals surface area contributed by atoms with Crippen molar-refractivity contribution in [2.75, 3.05) is 14.2 Å². The van der Waals surface area contributed by atoms with Gasteiger partial charge in [-0.2, -0.15) is 5.10 Å². The first kappa shape index (κ1) is 17.9. The third kappa shape index (κ3) is 5.31. The van der Waals surface area contributed by atoms with Crippen molar-refractivity contribution < 1.29 is 19.1 Å². The highest BCUT2D eigenvalue weighted by Crippen LogP contribution is 2.22. The molecular formula is C17H18N4O4. The molecule has 2 rings (SSSR count). The van der Waals surface area contributed by atoms with E-state index in [2.05, 4.69) is 20.8 Å². The maximum atomic E-state index is 11.7. The number of amides is 2. The van der Waals surface area contributed by atoms with Crippen LogP contribution in [-0.2, 0) is 16.1 Å². The molecule has 8 heteroatoms. The summed E-state index contributed by atoms with van der Waals surface area (Å²) in [6, 6.07) is 10.4. The molecule has 1 aromatic carbocycles. The summed E-state index contributed by atoms with van der Waals surface area (Å²) in [7, 11) is 3.05. The molecule has 1 aromatic heterocycles. The number of hydrogen-bond acceptors (Lipinski definition) is 6. The van der Waals surface area contributed by atoms with E-state index in [1.54, 1.807) is 42.6 Å². The first-order valence-electron chi connectivity index (χ1n) is 7.37. The van der Waals surface area contributed by atoms with Crippen LogP contribution < -0.4 is 20.2 Å². The van der Waals surface area contributed by atoms with Crippen LogP contribution in [0.2, 0.25) is 0 Å². The number of carbonyl (C=O) groups is 2. The second-order valence-corrected chi connectivity index (χ2v) is 4.81. The molecule has 8 nitrogen and oxygen atoms in total. The Morgan fingerprint density at radius 1 is 1.16 bits per heavy atom. The molecule has 0 aliphatic carbocycles. The van der Waals surface area contributed by atoms with Gasteiger partial charge in [0.05, 0.1) is 32.7 Å². The van der Waals surface area contributed by atoms with Crippen LogP contribution in [0.4, 0.5) is 0 Å². The van der Waals surface area contributed by atoms with E-state index in [1.807, 2.05) is 0 Å². The Bertz CT molecular complexity index is 762. The minimum absolute atomic E-state index is 0.153. The number of rotatable bonds is 6. The van der Waals surface area contributed by atoms with E-state index in [0.29, 0.717) is 22.8 Å². The van der Waals surface area contributed by atoms with E-state index < -0.39 is 11.8 Å². The third-order valence-electron chi connectivity index (χ3n) is 3.17. The van der Waals surface area contributed by atoms with Crippen LogP contribution in [0.1, 0.15) is 11.3 Å². The van der Waals surface area contributed by atoms with Crippen LogP contribution in [0, 0.1) is 0 Å². The van der Waals surface area contributed by atoms with Crippen molar-refractivity contribution in [2.24, 2.45) is 5.10 Å². The molecule has 25 heavy (non-hydrogen) atoms. The minimum Gasteiger partial charge on any atom is -0.497 e. The summed E-state index contributed by atoms with van der Waals surface area (Å²) >= 11 is 0. The van der Waals surface area contributed by atoms with Crippen LogP contribution >= 0.6 is 0 Å². The number of nitrogens with one attached hydrogen (secondary N) is 2. The molecule has 1 heterocycles. The van der Waals surface area contributed by atoms with E-state index in [1.165, 1.54) is 20.4 Å². The number of nitrogens with zero attached hydrogens (tertiary/aromatic N) is 2. The molecule has 0 aliphatic rings. The van der Waals surface area contributed by atoms with Gasteiger partial charge < -0.3 is 14.8 Å². The Labute approximate surface area is 144 Å². The molecule has 0 unspecified atom stereocenters. The number of aromatic nitrogens is 1. The summed E-state index contributed by atoms with van der Waals surface area (Å²) in [5, 5.41) is 6.22.